The summed E-state index contributed by atoms with van der Waals surface area (Å²) in [4.78, 5) is 12.6. The van der Waals surface area contributed by atoms with Crippen molar-refractivity contribution in [2.75, 3.05) is 0 Å². The molecule has 1 aromatic carbocycles. The van der Waals surface area contributed by atoms with E-state index in [2.05, 4.69) is 32.1 Å². The van der Waals surface area contributed by atoms with Crippen molar-refractivity contribution in [3.8, 4) is 0 Å². The molecule has 1 atom stereocenters. The summed E-state index contributed by atoms with van der Waals surface area (Å²) in [6.07, 6.45) is 21.5. The van der Waals surface area contributed by atoms with Crippen molar-refractivity contribution in [1.29, 1.82) is 0 Å². The Labute approximate surface area is 190 Å². The average Bonchev–Trinajstić information content (AvgIpc) is 2.81. The van der Waals surface area contributed by atoms with Gasteiger partial charge >= 0.3 is 5.97 Å². The number of unbranched alkanes of at least 4 members (excludes halogenated alkanes) is 4. The molecule has 0 amide bonds. The van der Waals surface area contributed by atoms with Gasteiger partial charge in [0.1, 0.15) is 6.10 Å². The number of carbonyl (C=O) groups excluding carboxylic acids is 1. The third-order valence-corrected chi connectivity index (χ3v) is 7.51. The van der Waals surface area contributed by atoms with E-state index in [4.69, 9.17) is 4.74 Å². The third kappa shape index (κ3) is 7.81. The molecule has 31 heavy (non-hydrogen) atoms. The van der Waals surface area contributed by atoms with Gasteiger partial charge in [-0.2, -0.15) is 0 Å². The molecule has 1 unspecified atom stereocenters. The zero-order valence-corrected chi connectivity index (χ0v) is 20.0. The quantitative estimate of drug-likeness (QED) is 0.262. The molecule has 0 saturated heterocycles. The van der Waals surface area contributed by atoms with Gasteiger partial charge < -0.3 is 4.74 Å². The first kappa shape index (κ1) is 24.1. The van der Waals surface area contributed by atoms with Crippen LogP contribution in [0.2, 0.25) is 0 Å². The number of benzene rings is 1. The van der Waals surface area contributed by atoms with E-state index in [1.165, 1.54) is 94.6 Å². The molecule has 1 saturated carbocycles. The fourth-order valence-corrected chi connectivity index (χ4v) is 5.36. The van der Waals surface area contributed by atoms with E-state index < -0.39 is 0 Å². The Bertz CT molecular complexity index is 679. The fourth-order valence-electron chi connectivity index (χ4n) is 5.36. The van der Waals surface area contributed by atoms with Gasteiger partial charge in [0.2, 0.25) is 0 Å². The van der Waals surface area contributed by atoms with Gasteiger partial charge in [0.15, 0.2) is 0 Å². The van der Waals surface area contributed by atoms with Gasteiger partial charge in [-0.25, -0.2) is 4.79 Å². The van der Waals surface area contributed by atoms with Gasteiger partial charge in [0.25, 0.3) is 0 Å². The van der Waals surface area contributed by atoms with Crippen molar-refractivity contribution >= 4 is 11.5 Å². The van der Waals surface area contributed by atoms with Crippen molar-refractivity contribution in [2.24, 2.45) is 11.8 Å². The molecule has 0 heterocycles. The molecule has 1 fully saturated rings. The predicted molar refractivity (Wildman–Crippen MR) is 131 cm³/mol. The van der Waals surface area contributed by atoms with E-state index >= 15 is 0 Å². The van der Waals surface area contributed by atoms with Crippen LogP contribution in [0, 0.1) is 11.8 Å². The SMILES string of the molecule is CCCCCC1CC=C(c2ccc(C(=O)O[C@H]3CC[C@H](CCCCC)CC3)cc2)CC1. The van der Waals surface area contributed by atoms with Crippen LogP contribution in [0.25, 0.3) is 5.57 Å². The lowest BCUT2D eigenvalue weighted by Gasteiger charge is -2.28. The van der Waals surface area contributed by atoms with Crippen LogP contribution < -0.4 is 0 Å². The molecule has 2 heteroatoms. The highest BCUT2D eigenvalue weighted by molar-refractivity contribution is 5.90. The van der Waals surface area contributed by atoms with Crippen LogP contribution in [0.3, 0.4) is 0 Å². The number of hydrogen-bond donors (Lipinski definition) is 0. The fraction of sp³-hybridized carbons (Fsp3) is 0.690. The standard InChI is InChI=1S/C29H44O2/c1-3-5-7-9-23-11-15-25(16-12-23)26-17-19-27(20-18-26)29(30)31-28-21-13-24(14-22-28)10-8-6-4-2/h15,17-20,23-24,28H,3-14,16,21-22H2,1-2H3/t23?,24-,28-. The molecule has 2 aliphatic rings. The molecule has 0 aliphatic heterocycles. The van der Waals surface area contributed by atoms with Gasteiger partial charge in [-0.15, -0.1) is 0 Å². The topological polar surface area (TPSA) is 26.3 Å². The summed E-state index contributed by atoms with van der Waals surface area (Å²) >= 11 is 0. The summed E-state index contributed by atoms with van der Waals surface area (Å²) in [7, 11) is 0. The van der Waals surface area contributed by atoms with E-state index in [0.717, 1.165) is 24.7 Å². The van der Waals surface area contributed by atoms with Crippen molar-refractivity contribution < 1.29 is 9.53 Å². The van der Waals surface area contributed by atoms with E-state index in [9.17, 15) is 4.79 Å². The van der Waals surface area contributed by atoms with Crippen LogP contribution in [0.1, 0.15) is 126 Å². The number of rotatable bonds is 11. The van der Waals surface area contributed by atoms with Crippen molar-refractivity contribution in [3.63, 3.8) is 0 Å². The highest BCUT2D eigenvalue weighted by atomic mass is 16.5. The molecule has 2 aliphatic carbocycles. The molecule has 172 valence electrons. The lowest BCUT2D eigenvalue weighted by molar-refractivity contribution is 0.0161. The first-order valence-electron chi connectivity index (χ1n) is 13.2. The Morgan fingerprint density at radius 1 is 0.839 bits per heavy atom. The van der Waals surface area contributed by atoms with Crippen LogP contribution in [-0.4, -0.2) is 12.1 Å². The van der Waals surface area contributed by atoms with Crippen LogP contribution in [0.15, 0.2) is 30.3 Å². The minimum Gasteiger partial charge on any atom is -0.459 e. The van der Waals surface area contributed by atoms with Crippen LogP contribution >= 0.6 is 0 Å². The van der Waals surface area contributed by atoms with Crippen molar-refractivity contribution in [3.05, 3.63) is 41.5 Å². The highest BCUT2D eigenvalue weighted by Crippen LogP contribution is 2.33. The van der Waals surface area contributed by atoms with Crippen LogP contribution in [-0.2, 0) is 4.74 Å². The monoisotopic (exact) mass is 424 g/mol. The van der Waals surface area contributed by atoms with Gasteiger partial charge in [-0.1, -0.05) is 83.4 Å². The van der Waals surface area contributed by atoms with Crippen LogP contribution in [0.4, 0.5) is 0 Å². The van der Waals surface area contributed by atoms with E-state index in [1.54, 1.807) is 0 Å². The summed E-state index contributed by atoms with van der Waals surface area (Å²) < 4.78 is 5.84. The van der Waals surface area contributed by atoms with Gasteiger partial charge in [0.05, 0.1) is 5.56 Å². The summed E-state index contributed by atoms with van der Waals surface area (Å²) in [6, 6.07) is 8.15. The summed E-state index contributed by atoms with van der Waals surface area (Å²) in [5, 5.41) is 0. The smallest absolute Gasteiger partial charge is 0.338 e. The highest BCUT2D eigenvalue weighted by Gasteiger charge is 2.24. The molecule has 0 aromatic heterocycles. The lowest BCUT2D eigenvalue weighted by Crippen LogP contribution is -2.24. The van der Waals surface area contributed by atoms with E-state index in [0.29, 0.717) is 5.56 Å². The number of carbonyl (C=O) groups is 1. The Balaban J connectivity index is 1.42. The second kappa shape index (κ2) is 13.1. The summed E-state index contributed by atoms with van der Waals surface area (Å²) in [5.74, 6) is 1.57. The second-order valence-electron chi connectivity index (χ2n) is 9.99. The molecular weight excluding hydrogens is 380 g/mol. The molecule has 2 nitrogen and oxygen atoms in total. The second-order valence-corrected chi connectivity index (χ2v) is 9.99. The van der Waals surface area contributed by atoms with Gasteiger partial charge in [-0.05, 0) is 80.1 Å². The first-order chi connectivity index (χ1) is 15.2. The molecule has 0 spiro atoms. The number of hydrogen-bond acceptors (Lipinski definition) is 2. The minimum atomic E-state index is -0.144. The third-order valence-electron chi connectivity index (χ3n) is 7.51. The Hall–Kier alpha value is -1.57. The molecular formula is C29H44O2. The number of ether oxygens (including phenoxy) is 1. The maximum atomic E-state index is 12.6. The summed E-state index contributed by atoms with van der Waals surface area (Å²) in [6.45, 7) is 4.54. The first-order valence-corrected chi connectivity index (χ1v) is 13.2. The van der Waals surface area contributed by atoms with Crippen molar-refractivity contribution in [1.82, 2.24) is 0 Å². The Morgan fingerprint density at radius 3 is 2.06 bits per heavy atom. The maximum absolute atomic E-state index is 12.6. The predicted octanol–water partition coefficient (Wildman–Crippen LogP) is 8.75. The Morgan fingerprint density at radius 2 is 1.48 bits per heavy atom. The lowest BCUT2D eigenvalue weighted by atomic mass is 9.83. The number of allylic oxidation sites excluding steroid dienone is 2. The number of esters is 1. The largest absolute Gasteiger partial charge is 0.459 e. The molecule has 3 rings (SSSR count). The normalized spacial score (nSPS) is 23.9. The van der Waals surface area contributed by atoms with Gasteiger partial charge in [-0.3, -0.25) is 0 Å². The molecule has 0 bridgehead atoms. The van der Waals surface area contributed by atoms with Crippen LogP contribution in [0.5, 0.6) is 0 Å². The zero-order chi connectivity index (χ0) is 21.9. The maximum Gasteiger partial charge on any atom is 0.338 e. The van der Waals surface area contributed by atoms with E-state index in [1.807, 2.05) is 12.1 Å². The van der Waals surface area contributed by atoms with Crippen molar-refractivity contribution in [2.45, 2.75) is 116 Å². The zero-order valence-electron chi connectivity index (χ0n) is 20.0. The molecule has 0 radical (unpaired) electrons. The van der Waals surface area contributed by atoms with E-state index in [-0.39, 0.29) is 12.1 Å². The van der Waals surface area contributed by atoms with Gasteiger partial charge in [0, 0.05) is 0 Å². The average molecular weight is 425 g/mol. The molecule has 1 aromatic rings. The summed E-state index contributed by atoms with van der Waals surface area (Å²) in [5.41, 5.74) is 3.42. The minimum absolute atomic E-state index is 0.111. The Kier molecular flexibility index (Phi) is 10.2. The molecule has 0 N–H and O–H groups in total.